The Labute approximate surface area is 111 Å². The Bertz CT molecular complexity index is 600. The second-order valence-electron chi connectivity index (χ2n) is 5.04. The number of aryl methyl sites for hydroxylation is 1. The molecular formula is C14H17N3O2. The van der Waals surface area contributed by atoms with Crippen LogP contribution < -0.4 is 5.32 Å². The molecule has 1 atom stereocenters. The highest BCUT2D eigenvalue weighted by Gasteiger charge is 2.17. The van der Waals surface area contributed by atoms with E-state index in [0.717, 1.165) is 30.8 Å². The van der Waals surface area contributed by atoms with Gasteiger partial charge in [-0.25, -0.2) is 4.98 Å². The highest BCUT2D eigenvalue weighted by Crippen LogP contribution is 2.11. The Hall–Kier alpha value is -1.88. The Kier molecular flexibility index (Phi) is 3.21. The number of nitrogens with one attached hydrogen (secondary N) is 1. The van der Waals surface area contributed by atoms with Gasteiger partial charge in [0.25, 0.3) is 5.91 Å². The molecule has 1 amide bonds. The fourth-order valence-corrected chi connectivity index (χ4v) is 2.27. The largest absolute Gasteiger partial charge is 0.381 e. The van der Waals surface area contributed by atoms with Gasteiger partial charge in [-0.2, -0.15) is 0 Å². The van der Waals surface area contributed by atoms with Gasteiger partial charge in [0, 0.05) is 31.5 Å². The van der Waals surface area contributed by atoms with Crippen LogP contribution in [0.3, 0.4) is 0 Å². The Morgan fingerprint density at radius 3 is 3.32 bits per heavy atom. The quantitative estimate of drug-likeness (QED) is 0.906. The predicted octanol–water partition coefficient (Wildman–Crippen LogP) is 1.41. The van der Waals surface area contributed by atoms with Crippen LogP contribution in [0.1, 0.15) is 22.5 Å². The van der Waals surface area contributed by atoms with E-state index in [4.69, 9.17) is 4.74 Å². The van der Waals surface area contributed by atoms with Crippen LogP contribution in [0.25, 0.3) is 5.65 Å². The molecule has 19 heavy (non-hydrogen) atoms. The molecule has 3 rings (SSSR count). The minimum atomic E-state index is -0.117. The molecule has 0 radical (unpaired) electrons. The van der Waals surface area contributed by atoms with Crippen LogP contribution in [0.4, 0.5) is 0 Å². The van der Waals surface area contributed by atoms with Crippen molar-refractivity contribution in [1.82, 2.24) is 14.7 Å². The van der Waals surface area contributed by atoms with Gasteiger partial charge in [-0.05, 0) is 31.0 Å². The lowest BCUT2D eigenvalue weighted by Crippen LogP contribution is -2.29. The summed E-state index contributed by atoms with van der Waals surface area (Å²) in [6.07, 6.45) is 4.69. The molecule has 1 aliphatic heterocycles. The maximum Gasteiger partial charge on any atom is 0.271 e. The molecule has 1 aliphatic rings. The third kappa shape index (κ3) is 2.61. The first-order chi connectivity index (χ1) is 9.22. The number of pyridine rings is 1. The van der Waals surface area contributed by atoms with E-state index < -0.39 is 0 Å². The molecule has 0 spiro atoms. The molecule has 3 heterocycles. The van der Waals surface area contributed by atoms with Crippen molar-refractivity contribution in [2.24, 2.45) is 5.92 Å². The van der Waals surface area contributed by atoms with Gasteiger partial charge in [-0.3, -0.25) is 4.79 Å². The highest BCUT2D eigenvalue weighted by atomic mass is 16.5. The van der Waals surface area contributed by atoms with E-state index >= 15 is 0 Å². The summed E-state index contributed by atoms with van der Waals surface area (Å²) in [7, 11) is 0. The predicted molar refractivity (Wildman–Crippen MR) is 71.2 cm³/mol. The number of carbonyl (C=O) groups is 1. The lowest BCUT2D eigenvalue weighted by atomic mass is 10.1. The van der Waals surface area contributed by atoms with E-state index in [2.05, 4.69) is 10.3 Å². The maximum absolute atomic E-state index is 12.0. The van der Waals surface area contributed by atoms with Gasteiger partial charge in [0.1, 0.15) is 11.3 Å². The zero-order valence-electron chi connectivity index (χ0n) is 10.9. The summed E-state index contributed by atoms with van der Waals surface area (Å²) in [5.41, 5.74) is 2.40. The molecule has 0 bridgehead atoms. The molecule has 5 nitrogen and oxygen atoms in total. The van der Waals surface area contributed by atoms with E-state index in [0.29, 0.717) is 18.2 Å². The van der Waals surface area contributed by atoms with Crippen LogP contribution in [-0.4, -0.2) is 35.1 Å². The summed E-state index contributed by atoms with van der Waals surface area (Å²) in [4.78, 5) is 16.4. The number of amides is 1. The average molecular weight is 259 g/mol. The zero-order valence-corrected chi connectivity index (χ0v) is 10.9. The molecule has 0 aromatic carbocycles. The smallest absolute Gasteiger partial charge is 0.271 e. The van der Waals surface area contributed by atoms with Crippen molar-refractivity contribution in [3.8, 4) is 0 Å². The molecule has 0 aliphatic carbocycles. The molecule has 100 valence electrons. The van der Waals surface area contributed by atoms with Crippen molar-refractivity contribution >= 4 is 11.6 Å². The Balaban J connectivity index is 1.70. The van der Waals surface area contributed by atoms with Crippen LogP contribution >= 0.6 is 0 Å². The summed E-state index contributed by atoms with van der Waals surface area (Å²) in [5.74, 6) is 0.316. The first kappa shape index (κ1) is 12.2. The monoisotopic (exact) mass is 259 g/mol. The third-order valence-corrected chi connectivity index (χ3v) is 3.42. The van der Waals surface area contributed by atoms with Gasteiger partial charge in [-0.15, -0.1) is 0 Å². The van der Waals surface area contributed by atoms with Crippen molar-refractivity contribution in [2.45, 2.75) is 13.3 Å². The lowest BCUT2D eigenvalue weighted by molar-refractivity contribution is 0.0940. The number of imidazole rings is 1. The van der Waals surface area contributed by atoms with Gasteiger partial charge in [-0.1, -0.05) is 0 Å². The van der Waals surface area contributed by atoms with E-state index in [1.165, 1.54) is 0 Å². The molecule has 2 aromatic rings. The van der Waals surface area contributed by atoms with Crippen molar-refractivity contribution in [1.29, 1.82) is 0 Å². The average Bonchev–Trinajstić information content (AvgIpc) is 3.04. The number of ether oxygens (including phenoxy) is 1. The first-order valence-electron chi connectivity index (χ1n) is 6.54. The number of nitrogens with zero attached hydrogens (tertiary/aromatic N) is 2. The van der Waals surface area contributed by atoms with Crippen LogP contribution in [0.2, 0.25) is 0 Å². The van der Waals surface area contributed by atoms with Gasteiger partial charge in [0.2, 0.25) is 0 Å². The molecule has 5 heteroatoms. The summed E-state index contributed by atoms with van der Waals surface area (Å²) in [6, 6.07) is 3.95. The molecule has 2 aromatic heterocycles. The fourth-order valence-electron chi connectivity index (χ4n) is 2.27. The van der Waals surface area contributed by atoms with Crippen LogP contribution in [-0.2, 0) is 4.74 Å². The minimum absolute atomic E-state index is 0.117. The number of aromatic nitrogens is 2. The number of fused-ring (bicyclic) bond motifs is 1. The fraction of sp³-hybridized carbons (Fsp3) is 0.429. The van der Waals surface area contributed by atoms with Crippen molar-refractivity contribution < 1.29 is 9.53 Å². The van der Waals surface area contributed by atoms with Crippen LogP contribution in [0, 0.1) is 12.8 Å². The van der Waals surface area contributed by atoms with Crippen LogP contribution in [0.15, 0.2) is 24.5 Å². The molecular weight excluding hydrogens is 242 g/mol. The summed E-state index contributed by atoms with van der Waals surface area (Å²) in [6.45, 7) is 4.21. The maximum atomic E-state index is 12.0. The number of rotatable bonds is 3. The van der Waals surface area contributed by atoms with Gasteiger partial charge in [0.15, 0.2) is 0 Å². The summed E-state index contributed by atoms with van der Waals surface area (Å²) in [5, 5.41) is 2.92. The Morgan fingerprint density at radius 2 is 2.53 bits per heavy atom. The summed E-state index contributed by atoms with van der Waals surface area (Å²) < 4.78 is 7.15. The zero-order chi connectivity index (χ0) is 13.2. The molecule has 1 saturated heterocycles. The minimum Gasteiger partial charge on any atom is -0.381 e. The Morgan fingerprint density at radius 1 is 1.63 bits per heavy atom. The molecule has 1 N–H and O–H groups in total. The van der Waals surface area contributed by atoms with Gasteiger partial charge >= 0.3 is 0 Å². The molecule has 0 saturated carbocycles. The number of hydrogen-bond acceptors (Lipinski definition) is 3. The standard InChI is InChI=1S/C14H17N3O2/c1-10-2-4-17-8-12(16-13(17)6-10)14(18)15-7-11-3-5-19-9-11/h2,4,6,8,11H,3,5,7,9H2,1H3,(H,15,18). The van der Waals surface area contributed by atoms with E-state index in [9.17, 15) is 4.79 Å². The molecule has 1 unspecified atom stereocenters. The van der Waals surface area contributed by atoms with Gasteiger partial charge < -0.3 is 14.5 Å². The highest BCUT2D eigenvalue weighted by molar-refractivity contribution is 5.92. The van der Waals surface area contributed by atoms with Crippen molar-refractivity contribution in [2.75, 3.05) is 19.8 Å². The topological polar surface area (TPSA) is 55.6 Å². The normalized spacial score (nSPS) is 18.9. The van der Waals surface area contributed by atoms with E-state index in [1.54, 1.807) is 6.20 Å². The SMILES string of the molecule is Cc1ccn2cc(C(=O)NCC3CCOC3)nc2c1. The second kappa shape index (κ2) is 5.01. The lowest BCUT2D eigenvalue weighted by Gasteiger charge is -2.07. The van der Waals surface area contributed by atoms with Crippen molar-refractivity contribution in [3.05, 3.63) is 35.8 Å². The number of carbonyl (C=O) groups excluding carboxylic acids is 1. The number of hydrogen-bond donors (Lipinski definition) is 1. The molecule has 1 fully saturated rings. The van der Waals surface area contributed by atoms with E-state index in [1.807, 2.05) is 29.7 Å². The van der Waals surface area contributed by atoms with Crippen LogP contribution in [0.5, 0.6) is 0 Å². The first-order valence-corrected chi connectivity index (χ1v) is 6.54. The van der Waals surface area contributed by atoms with Crippen molar-refractivity contribution in [3.63, 3.8) is 0 Å². The van der Waals surface area contributed by atoms with Gasteiger partial charge in [0.05, 0.1) is 6.61 Å². The summed E-state index contributed by atoms with van der Waals surface area (Å²) >= 11 is 0. The van der Waals surface area contributed by atoms with E-state index in [-0.39, 0.29) is 5.91 Å². The second-order valence-corrected chi connectivity index (χ2v) is 5.04. The third-order valence-electron chi connectivity index (χ3n) is 3.42.